The van der Waals surface area contributed by atoms with E-state index in [2.05, 4.69) is 20.8 Å². The van der Waals surface area contributed by atoms with E-state index in [0.29, 0.717) is 11.3 Å². The van der Waals surface area contributed by atoms with Gasteiger partial charge in [0.2, 0.25) is 0 Å². The summed E-state index contributed by atoms with van der Waals surface area (Å²) in [4.78, 5) is 67.7. The van der Waals surface area contributed by atoms with Crippen LogP contribution in [-0.2, 0) is 9.59 Å². The number of pyridine rings is 1. The summed E-state index contributed by atoms with van der Waals surface area (Å²) in [5, 5.41) is 24.7. The van der Waals surface area contributed by atoms with E-state index in [1.54, 1.807) is 42.8 Å². The number of hydrogen-bond donors (Lipinski definition) is 5. The van der Waals surface area contributed by atoms with Crippen molar-refractivity contribution in [1.82, 2.24) is 20.9 Å². The Morgan fingerprint density at radius 3 is 1.81 bits per heavy atom. The van der Waals surface area contributed by atoms with Gasteiger partial charge in [0.1, 0.15) is 40.5 Å². The Balaban J connectivity index is 0.000000574. The van der Waals surface area contributed by atoms with Gasteiger partial charge in [-0.25, -0.2) is 18.4 Å². The largest absolute Gasteiger partial charge is 0.399 e. The third-order valence-electron chi connectivity index (χ3n) is 8.23. The molecule has 3 aromatic carbocycles. The summed E-state index contributed by atoms with van der Waals surface area (Å²) < 4.78 is 120. The standard InChI is InChI=1S/C20H18FN5O2S.C12H14FN3O.C8H9FN2O.C4H9NSi.C3H6O/c1-11-8-13(10-24-16(11)22-4)25-18(28)20(2,3)26(19(25)29)12-6-7-14(15(21)9-12)17(27)23-5;1-12(2,7-14)16-8-4-5-9(10(13)6-8)11(17)15-3;1-11-8(12)6-3-2-5(10)4-7(6)9;1-6(2,3)4-5;1-3(2)4/h6-10H,1-3,5H3,(H,23,27);4-6,16H,1-3H3,(H,15,17);2-4H,10H2,1H3,(H,11,12);1-3H3;1-2H3/i5D3;3D3,4D,6D;1D3;;. The van der Waals surface area contributed by atoms with E-state index in [-0.39, 0.29) is 45.2 Å². The van der Waals surface area contributed by atoms with E-state index in [1.165, 1.54) is 55.8 Å². The second kappa shape index (κ2) is 25.3. The molecule has 1 saturated heterocycles. The first-order valence-electron chi connectivity index (χ1n) is 25.0. The molecule has 6 N–H and O–H groups in total. The number of rotatable bonds is 7. The van der Waals surface area contributed by atoms with E-state index in [1.807, 2.05) is 25.7 Å². The quantitative estimate of drug-likeness (QED) is 0.0513. The number of anilines is 4. The number of hydrogen-bond acceptors (Lipinski definition) is 11. The molecule has 1 aliphatic rings. The molecule has 1 aromatic heterocycles. The van der Waals surface area contributed by atoms with E-state index in [0.717, 1.165) is 30.3 Å². The van der Waals surface area contributed by atoms with Crippen LogP contribution in [0.3, 0.4) is 0 Å². The molecule has 0 bridgehead atoms. The molecule has 5 rings (SSSR count). The fourth-order valence-corrected chi connectivity index (χ4v) is 5.51. The van der Waals surface area contributed by atoms with Crippen molar-refractivity contribution in [3.8, 4) is 11.8 Å². The lowest BCUT2D eigenvalue weighted by atomic mass is 10.0. The number of halogens is 3. The molecule has 0 spiro atoms. The zero-order chi connectivity index (χ0) is 61.7. The minimum atomic E-state index is -2.81. The first kappa shape index (κ1) is 41.7. The van der Waals surface area contributed by atoms with Crippen LogP contribution in [-0.4, -0.2) is 79.6 Å². The third kappa shape index (κ3) is 16.6. The highest BCUT2D eigenvalue weighted by Gasteiger charge is 2.50. The van der Waals surface area contributed by atoms with E-state index >= 15 is 0 Å². The summed E-state index contributed by atoms with van der Waals surface area (Å²) >= 11 is 5.52. The number of nitriles is 2. The van der Waals surface area contributed by atoms with Gasteiger partial charge in [0.25, 0.3) is 29.4 Å². The molecule has 0 radical (unpaired) electrons. The fourth-order valence-electron chi connectivity index (χ4n) is 4.99. The van der Waals surface area contributed by atoms with Crippen molar-refractivity contribution in [2.45, 2.75) is 79.2 Å². The number of nitrogen functional groups attached to an aromatic ring is 1. The predicted octanol–water partition coefficient (Wildman–Crippen LogP) is 8.01. The maximum absolute atomic E-state index is 14.7. The van der Waals surface area contributed by atoms with Crippen molar-refractivity contribution in [2.75, 3.05) is 41.8 Å². The van der Waals surface area contributed by atoms with E-state index < -0.39 is 98.5 Å². The number of Topliss-reactive ketones (excluding diaryl/α,β-unsaturated/α-hetero) is 1. The Bertz CT molecular complexity index is 3120. The van der Waals surface area contributed by atoms with Crippen molar-refractivity contribution in [1.29, 1.82) is 10.5 Å². The Kier molecular flexibility index (Phi) is 15.5. The summed E-state index contributed by atoms with van der Waals surface area (Å²) in [5.74, 6) is -6.42. The molecule has 0 aliphatic carbocycles. The fraction of sp³-hybridized carbons (Fsp3) is 0.319. The molecule has 4 amide bonds. The van der Waals surface area contributed by atoms with Gasteiger partial charge in [-0.3, -0.25) is 24.1 Å². The smallest absolute Gasteiger partial charge is 0.272 e. The summed E-state index contributed by atoms with van der Waals surface area (Å²) in [6.07, 6.45) is 1.37. The number of nitrogens with two attached hydrogens (primary N) is 1. The average Bonchev–Trinajstić information content (AvgIpc) is 3.45. The lowest BCUT2D eigenvalue weighted by Gasteiger charge is -2.29. The lowest BCUT2D eigenvalue weighted by molar-refractivity contribution is -0.120. The average molecular weight is 983 g/mol. The number of benzene rings is 3. The van der Waals surface area contributed by atoms with Crippen molar-refractivity contribution >= 4 is 83.4 Å². The number of nitrogens with zero attached hydrogens (tertiary/aromatic N) is 6. The normalized spacial score (nSPS) is 15.1. The Labute approximate surface area is 417 Å². The summed E-state index contributed by atoms with van der Waals surface area (Å²) in [6.45, 7) is 15.9. The molecule has 1 fully saturated rings. The SMILES string of the molecule is CC(C)=O.C[Si](C)(C)C#N.[2H]C([2H])([2H])NC(=O)c1ccc(N)cc1F.[2H]C([2H])([2H])NC(=O)c1ccc(N2C(=S)N(c3cnc([N+]#[C-])c(C)c3)C(=O)C2(C)C)cc1F.[2H]c1cc(C(=O)NC([2H])([2H])[2H])c(F)c([2H])c1NC(C)(C)C#N. The van der Waals surface area contributed by atoms with Crippen molar-refractivity contribution < 1.29 is 52.2 Å². The maximum atomic E-state index is 14.7. The second-order valence-electron chi connectivity index (χ2n) is 16.2. The number of aromatic nitrogens is 1. The number of carbonyl (C=O) groups is 5. The van der Waals surface area contributed by atoms with Gasteiger partial charge < -0.3 is 41.5 Å². The summed E-state index contributed by atoms with van der Waals surface area (Å²) in [7, 11) is -1.33. The number of ketones is 1. The Morgan fingerprint density at radius 1 is 0.897 bits per heavy atom. The Hall–Kier alpha value is -7.67. The van der Waals surface area contributed by atoms with Gasteiger partial charge in [0.15, 0.2) is 13.2 Å². The molecule has 0 atom stereocenters. The molecule has 21 heteroatoms. The molecule has 0 saturated carbocycles. The minimum Gasteiger partial charge on any atom is -0.399 e. The van der Waals surface area contributed by atoms with Gasteiger partial charge in [-0.1, -0.05) is 26.2 Å². The molecular weight excluding hydrogens is 916 g/mol. The van der Waals surface area contributed by atoms with Gasteiger partial charge in [-0.2, -0.15) is 5.26 Å². The molecule has 1 aliphatic heterocycles. The molecule has 68 heavy (non-hydrogen) atoms. The number of nitrogens with one attached hydrogen (secondary N) is 4. The molecule has 16 nitrogen and oxygen atoms in total. The van der Waals surface area contributed by atoms with E-state index in [9.17, 15) is 37.1 Å². The number of aryl methyl sites for hydroxylation is 1. The zero-order valence-corrected chi connectivity index (χ0v) is 40.4. The lowest BCUT2D eigenvalue weighted by Crippen LogP contribution is -2.44. The molecule has 360 valence electrons. The summed E-state index contributed by atoms with van der Waals surface area (Å²) in [6, 6.07) is 10.1. The van der Waals surface area contributed by atoms with Crippen LogP contribution >= 0.6 is 12.2 Å². The van der Waals surface area contributed by atoms with Gasteiger partial charge in [-0.05, 0) is 127 Å². The third-order valence-corrected chi connectivity index (χ3v) is 9.27. The zero-order valence-electron chi connectivity index (χ0n) is 49.5. The van der Waals surface area contributed by atoms with Gasteiger partial charge in [0.05, 0.1) is 31.2 Å². The van der Waals surface area contributed by atoms with Crippen LogP contribution in [0, 0.1) is 53.2 Å². The number of carbonyl (C=O) groups excluding carboxylic acids is 5. The first-order valence-corrected chi connectivity index (χ1v) is 23.4. The molecule has 0 unspecified atom stereocenters. The molecule has 4 aromatic rings. The second-order valence-corrected chi connectivity index (χ2v) is 21.3. The van der Waals surface area contributed by atoms with Crippen LogP contribution in [0.15, 0.2) is 66.8 Å². The van der Waals surface area contributed by atoms with Gasteiger partial charge in [-0.15, -0.1) is 4.98 Å². The first-order chi connectivity index (χ1) is 35.7. The van der Waals surface area contributed by atoms with Gasteiger partial charge in [0, 0.05) is 56.0 Å². The highest BCUT2D eigenvalue weighted by molar-refractivity contribution is 7.81. The summed E-state index contributed by atoms with van der Waals surface area (Å²) in [5.41, 5.74) is 4.71. The van der Waals surface area contributed by atoms with Crippen LogP contribution in [0.2, 0.25) is 19.6 Å². The number of thiocarbonyl (C=S) groups is 1. The highest BCUT2D eigenvalue weighted by Crippen LogP contribution is 2.37. The van der Waals surface area contributed by atoms with Crippen molar-refractivity contribution in [3.05, 3.63) is 118 Å². The van der Waals surface area contributed by atoms with Crippen molar-refractivity contribution in [2.24, 2.45) is 0 Å². The minimum absolute atomic E-state index is 0.0656. The van der Waals surface area contributed by atoms with Gasteiger partial charge >= 0.3 is 0 Å². The highest BCUT2D eigenvalue weighted by atomic mass is 32.1. The molecule has 2 heterocycles. The molecular formula is C47H56F3N11O5SSi. The van der Waals surface area contributed by atoms with Crippen LogP contribution < -0.4 is 36.8 Å². The number of amides is 4. The Morgan fingerprint density at radius 2 is 1.38 bits per heavy atom. The topological polar surface area (TPSA) is 231 Å². The predicted molar refractivity (Wildman–Crippen MR) is 264 cm³/mol. The monoisotopic (exact) mass is 982 g/mol. The maximum Gasteiger partial charge on any atom is 0.272 e. The van der Waals surface area contributed by atoms with Crippen LogP contribution in [0.5, 0.6) is 0 Å². The van der Waals surface area contributed by atoms with Crippen molar-refractivity contribution in [3.63, 3.8) is 0 Å². The van der Waals surface area contributed by atoms with E-state index in [4.69, 9.17) is 50.1 Å². The van der Waals surface area contributed by atoms with Crippen LogP contribution in [0.25, 0.3) is 4.85 Å². The van der Waals surface area contributed by atoms with Crippen LogP contribution in [0.1, 0.15) is 93.3 Å². The van der Waals surface area contributed by atoms with Crippen LogP contribution in [0.4, 0.5) is 41.7 Å².